The molecule has 2 aromatic carbocycles. The van der Waals surface area contributed by atoms with Crippen LogP contribution >= 0.6 is 0 Å². The minimum atomic E-state index is -0.185. The molecule has 6 rings (SSSR count). The molecule has 0 bridgehead atoms. The van der Waals surface area contributed by atoms with E-state index in [4.69, 9.17) is 4.98 Å². The zero-order valence-corrected chi connectivity index (χ0v) is 15.8. The minimum absolute atomic E-state index is 0.185. The van der Waals surface area contributed by atoms with E-state index in [1.165, 1.54) is 23.9 Å². The molecule has 0 amide bonds. The number of aromatic nitrogens is 3. The Bertz CT molecular complexity index is 1260. The average Bonchev–Trinajstić information content (AvgIpc) is 3.35. The number of benzene rings is 2. The van der Waals surface area contributed by atoms with Crippen LogP contribution < -0.4 is 0 Å². The van der Waals surface area contributed by atoms with Gasteiger partial charge in [-0.1, -0.05) is 12.7 Å². The van der Waals surface area contributed by atoms with Crippen LogP contribution in [0.4, 0.5) is 4.39 Å². The van der Waals surface area contributed by atoms with E-state index in [2.05, 4.69) is 33.9 Å². The molecular weight excluding hydrogens is 349 g/mol. The number of aryl methyl sites for hydroxylation is 2. The molecule has 1 fully saturated rings. The van der Waals surface area contributed by atoms with Gasteiger partial charge in [0.15, 0.2) is 5.82 Å². The van der Waals surface area contributed by atoms with Crippen LogP contribution in [0.1, 0.15) is 30.4 Å². The van der Waals surface area contributed by atoms with E-state index in [0.717, 1.165) is 65.4 Å². The molecule has 0 unspecified atom stereocenters. The quantitative estimate of drug-likeness (QED) is 0.445. The van der Waals surface area contributed by atoms with Crippen molar-refractivity contribution in [1.29, 1.82) is 0 Å². The predicted octanol–water partition coefficient (Wildman–Crippen LogP) is 5.80. The second-order valence-corrected chi connectivity index (χ2v) is 8.23. The summed E-state index contributed by atoms with van der Waals surface area (Å²) >= 11 is 0. The zero-order chi connectivity index (χ0) is 18.8. The van der Waals surface area contributed by atoms with Crippen molar-refractivity contribution >= 4 is 28.0 Å². The van der Waals surface area contributed by atoms with Gasteiger partial charge >= 0.3 is 0 Å². The predicted molar refractivity (Wildman–Crippen MR) is 112 cm³/mol. The first-order chi connectivity index (χ1) is 13.7. The Balaban J connectivity index is 1.64. The summed E-state index contributed by atoms with van der Waals surface area (Å²) in [6.07, 6.45) is 6.66. The molecule has 0 spiro atoms. The molecule has 1 aliphatic heterocycles. The van der Waals surface area contributed by atoms with E-state index in [1.54, 1.807) is 12.1 Å². The Kier molecular flexibility index (Phi) is 3.34. The smallest absolute Gasteiger partial charge is 0.157 e. The van der Waals surface area contributed by atoms with E-state index in [9.17, 15) is 4.39 Å². The van der Waals surface area contributed by atoms with Gasteiger partial charge in [0.25, 0.3) is 0 Å². The van der Waals surface area contributed by atoms with Crippen molar-refractivity contribution in [2.24, 2.45) is 5.92 Å². The number of imidazole rings is 1. The lowest BCUT2D eigenvalue weighted by atomic mass is 10.0. The molecule has 3 heterocycles. The third-order valence-electron chi connectivity index (χ3n) is 6.24. The Labute approximate surface area is 163 Å². The summed E-state index contributed by atoms with van der Waals surface area (Å²) in [5.41, 5.74) is 6.98. The van der Waals surface area contributed by atoms with Gasteiger partial charge in [-0.25, -0.2) is 9.37 Å². The van der Waals surface area contributed by atoms with E-state index in [0.29, 0.717) is 0 Å². The Morgan fingerprint density at radius 3 is 2.89 bits per heavy atom. The van der Waals surface area contributed by atoms with Gasteiger partial charge in [0.2, 0.25) is 0 Å². The molecule has 4 heteroatoms. The zero-order valence-electron chi connectivity index (χ0n) is 15.8. The van der Waals surface area contributed by atoms with E-state index in [-0.39, 0.29) is 5.82 Å². The summed E-state index contributed by atoms with van der Waals surface area (Å²) < 4.78 is 18.6. The number of nitrogens with zero attached hydrogens (tertiary/aromatic N) is 3. The number of fused-ring (bicyclic) bond motifs is 1. The molecule has 140 valence electrons. The van der Waals surface area contributed by atoms with Crippen molar-refractivity contribution in [3.05, 3.63) is 59.9 Å². The topological polar surface area (TPSA) is 22.8 Å². The number of halogens is 1. The highest BCUT2D eigenvalue weighted by molar-refractivity contribution is 5.90. The van der Waals surface area contributed by atoms with Gasteiger partial charge in [0.05, 0.1) is 16.7 Å². The molecule has 0 N–H and O–H groups in total. The largest absolute Gasteiger partial charge is 0.338 e. The fraction of sp³-hybridized carbons (Fsp3) is 0.292. The van der Waals surface area contributed by atoms with Crippen LogP contribution in [-0.2, 0) is 19.5 Å². The third kappa shape index (κ3) is 2.37. The SMILES string of the molecule is C=Cc1cc2c3c(c1)nc(-c1cc4cc(F)ccc4n1CC1CC1)n3CCC2. The van der Waals surface area contributed by atoms with Gasteiger partial charge in [-0.05, 0) is 79.1 Å². The molecule has 0 atom stereocenters. The van der Waals surface area contributed by atoms with Crippen molar-refractivity contribution in [2.75, 3.05) is 0 Å². The van der Waals surface area contributed by atoms with Crippen molar-refractivity contribution in [1.82, 2.24) is 14.1 Å². The molecule has 28 heavy (non-hydrogen) atoms. The Morgan fingerprint density at radius 1 is 1.18 bits per heavy atom. The molecule has 1 aliphatic carbocycles. The molecule has 2 aliphatic rings. The van der Waals surface area contributed by atoms with Gasteiger partial charge in [-0.2, -0.15) is 0 Å². The van der Waals surface area contributed by atoms with Crippen LogP contribution in [0.25, 0.3) is 39.5 Å². The Morgan fingerprint density at radius 2 is 2.07 bits per heavy atom. The lowest BCUT2D eigenvalue weighted by Crippen LogP contribution is -2.11. The van der Waals surface area contributed by atoms with Crippen LogP contribution in [0.15, 0.2) is 43.0 Å². The maximum atomic E-state index is 13.9. The first-order valence-electron chi connectivity index (χ1n) is 10.2. The van der Waals surface area contributed by atoms with Gasteiger partial charge in [-0.3, -0.25) is 0 Å². The first-order valence-corrected chi connectivity index (χ1v) is 10.2. The fourth-order valence-corrected chi connectivity index (χ4v) is 4.71. The van der Waals surface area contributed by atoms with E-state index in [1.807, 2.05) is 12.1 Å². The first kappa shape index (κ1) is 16.1. The van der Waals surface area contributed by atoms with Crippen LogP contribution in [0, 0.1) is 11.7 Å². The molecule has 4 aromatic rings. The minimum Gasteiger partial charge on any atom is -0.338 e. The van der Waals surface area contributed by atoms with Gasteiger partial charge in [0, 0.05) is 24.0 Å². The van der Waals surface area contributed by atoms with Crippen molar-refractivity contribution < 1.29 is 4.39 Å². The van der Waals surface area contributed by atoms with Crippen molar-refractivity contribution in [3.8, 4) is 11.5 Å². The number of hydrogen-bond acceptors (Lipinski definition) is 1. The standard InChI is InChI=1S/C24H22FN3/c1-2-15-10-17-4-3-9-27-23(17)20(11-15)26-24(27)22-13-18-12-19(25)7-8-21(18)28(22)14-16-5-6-16/h2,7-8,10-13,16H,1,3-6,9,14H2. The summed E-state index contributed by atoms with van der Waals surface area (Å²) in [4.78, 5) is 5.07. The molecule has 0 radical (unpaired) electrons. The number of rotatable bonds is 4. The van der Waals surface area contributed by atoms with Crippen molar-refractivity contribution in [2.45, 2.75) is 38.8 Å². The maximum absolute atomic E-state index is 13.9. The Hall–Kier alpha value is -2.88. The molecule has 3 nitrogen and oxygen atoms in total. The highest BCUT2D eigenvalue weighted by Gasteiger charge is 2.27. The molecular formula is C24H22FN3. The molecule has 1 saturated carbocycles. The summed E-state index contributed by atoms with van der Waals surface area (Å²) in [5, 5.41) is 0.957. The fourth-order valence-electron chi connectivity index (χ4n) is 4.71. The maximum Gasteiger partial charge on any atom is 0.157 e. The normalized spacial score (nSPS) is 16.2. The highest BCUT2D eigenvalue weighted by atomic mass is 19.1. The lowest BCUT2D eigenvalue weighted by molar-refractivity contribution is 0.620. The van der Waals surface area contributed by atoms with Gasteiger partial charge in [0.1, 0.15) is 5.82 Å². The van der Waals surface area contributed by atoms with Crippen LogP contribution in [-0.4, -0.2) is 14.1 Å². The van der Waals surface area contributed by atoms with Crippen LogP contribution in [0.3, 0.4) is 0 Å². The second kappa shape index (κ2) is 5.81. The van der Waals surface area contributed by atoms with Gasteiger partial charge in [-0.15, -0.1) is 0 Å². The highest BCUT2D eigenvalue weighted by Crippen LogP contribution is 2.38. The lowest BCUT2D eigenvalue weighted by Gasteiger charge is -2.18. The third-order valence-corrected chi connectivity index (χ3v) is 6.24. The summed E-state index contributed by atoms with van der Waals surface area (Å²) in [7, 11) is 0. The van der Waals surface area contributed by atoms with Crippen molar-refractivity contribution in [3.63, 3.8) is 0 Å². The van der Waals surface area contributed by atoms with E-state index >= 15 is 0 Å². The monoisotopic (exact) mass is 371 g/mol. The average molecular weight is 371 g/mol. The second-order valence-electron chi connectivity index (χ2n) is 8.23. The van der Waals surface area contributed by atoms with Gasteiger partial charge < -0.3 is 9.13 Å². The molecule has 2 aromatic heterocycles. The summed E-state index contributed by atoms with van der Waals surface area (Å²) in [6, 6.07) is 11.6. The van der Waals surface area contributed by atoms with E-state index < -0.39 is 0 Å². The van der Waals surface area contributed by atoms with Crippen LogP contribution in [0.5, 0.6) is 0 Å². The number of hydrogen-bond donors (Lipinski definition) is 0. The van der Waals surface area contributed by atoms with Crippen LogP contribution in [0.2, 0.25) is 0 Å². The molecule has 0 saturated heterocycles. The summed E-state index contributed by atoms with van der Waals surface area (Å²) in [5.74, 6) is 1.55. The summed E-state index contributed by atoms with van der Waals surface area (Å²) in [6.45, 7) is 5.90.